The molecule has 0 saturated carbocycles. The normalized spacial score (nSPS) is 10.3. The van der Waals surface area contributed by atoms with E-state index < -0.39 is 0 Å². The van der Waals surface area contributed by atoms with Gasteiger partial charge in [-0.3, -0.25) is 4.79 Å². The summed E-state index contributed by atoms with van der Waals surface area (Å²) < 4.78 is 0. The lowest BCUT2D eigenvalue weighted by Gasteiger charge is -2.01. The zero-order valence-electron chi connectivity index (χ0n) is 8.86. The lowest BCUT2D eigenvalue weighted by molar-refractivity contribution is 0.0948. The molecule has 0 aromatic carbocycles. The van der Waals surface area contributed by atoms with Crippen molar-refractivity contribution < 1.29 is 4.79 Å². The summed E-state index contributed by atoms with van der Waals surface area (Å²) in [6.07, 6.45) is 0.848. The molecule has 0 aliphatic carbocycles. The van der Waals surface area contributed by atoms with Crippen LogP contribution >= 0.6 is 11.3 Å². The van der Waals surface area contributed by atoms with E-state index in [1.165, 1.54) is 4.88 Å². The van der Waals surface area contributed by atoms with Gasteiger partial charge in [-0.05, 0) is 24.8 Å². The van der Waals surface area contributed by atoms with Crippen molar-refractivity contribution in [2.24, 2.45) is 0 Å². The van der Waals surface area contributed by atoms with Gasteiger partial charge in [0.2, 0.25) is 0 Å². The number of H-pyrrole nitrogens is 1. The Bertz CT molecular complexity index is 463. The average molecular weight is 236 g/mol. The molecule has 2 N–H and O–H groups in total. The number of hydrogen-bond donors (Lipinski definition) is 2. The molecular weight excluding hydrogens is 224 g/mol. The zero-order chi connectivity index (χ0) is 11.4. The second kappa shape index (κ2) is 4.89. The Morgan fingerprint density at radius 3 is 3.06 bits per heavy atom. The van der Waals surface area contributed by atoms with Gasteiger partial charge in [0.1, 0.15) is 0 Å². The highest BCUT2D eigenvalue weighted by Gasteiger charge is 2.11. The molecule has 0 radical (unpaired) electrons. The molecule has 5 nitrogen and oxygen atoms in total. The van der Waals surface area contributed by atoms with Crippen LogP contribution in [-0.4, -0.2) is 27.9 Å². The van der Waals surface area contributed by atoms with Crippen LogP contribution < -0.4 is 5.32 Å². The lowest BCUT2D eigenvalue weighted by atomic mass is 10.3. The molecule has 0 spiro atoms. The molecule has 0 fully saturated rings. The molecule has 6 heteroatoms. The predicted octanol–water partition coefficient (Wildman–Crippen LogP) is 1.15. The molecule has 2 aromatic heterocycles. The van der Waals surface area contributed by atoms with E-state index in [2.05, 4.69) is 26.8 Å². The van der Waals surface area contributed by atoms with Crippen LogP contribution in [0.1, 0.15) is 21.1 Å². The summed E-state index contributed by atoms with van der Waals surface area (Å²) in [7, 11) is 0. The molecular formula is C10H12N4OS. The molecule has 0 aliphatic heterocycles. The fourth-order valence-electron chi connectivity index (χ4n) is 1.34. The minimum absolute atomic E-state index is 0.178. The van der Waals surface area contributed by atoms with Crippen LogP contribution in [0.5, 0.6) is 0 Å². The number of nitrogens with one attached hydrogen (secondary N) is 2. The highest BCUT2D eigenvalue weighted by atomic mass is 32.1. The van der Waals surface area contributed by atoms with Gasteiger partial charge in [0, 0.05) is 11.4 Å². The third-order valence-electron chi connectivity index (χ3n) is 2.17. The smallest absolute Gasteiger partial charge is 0.273 e. The number of aromatic amines is 1. The summed E-state index contributed by atoms with van der Waals surface area (Å²) in [5.41, 5.74) is 0.986. The van der Waals surface area contributed by atoms with Crippen molar-refractivity contribution in [3.63, 3.8) is 0 Å². The van der Waals surface area contributed by atoms with Crippen molar-refractivity contribution in [1.82, 2.24) is 20.7 Å². The number of nitrogens with zero attached hydrogens (tertiary/aromatic N) is 2. The number of aromatic nitrogens is 3. The Balaban J connectivity index is 1.83. The number of aryl methyl sites for hydroxylation is 1. The van der Waals surface area contributed by atoms with Gasteiger partial charge in [0.05, 0.1) is 5.69 Å². The maximum Gasteiger partial charge on any atom is 0.273 e. The molecule has 84 valence electrons. The Labute approximate surface area is 96.9 Å². The Kier molecular flexibility index (Phi) is 3.31. The van der Waals surface area contributed by atoms with Gasteiger partial charge < -0.3 is 5.32 Å². The van der Waals surface area contributed by atoms with Crippen LogP contribution in [0.3, 0.4) is 0 Å². The number of amides is 1. The second-order valence-corrected chi connectivity index (χ2v) is 4.38. The van der Waals surface area contributed by atoms with E-state index in [9.17, 15) is 4.79 Å². The van der Waals surface area contributed by atoms with Crippen molar-refractivity contribution in [2.75, 3.05) is 6.54 Å². The van der Waals surface area contributed by atoms with Crippen LogP contribution in [-0.2, 0) is 6.42 Å². The molecule has 16 heavy (non-hydrogen) atoms. The molecule has 2 aromatic rings. The van der Waals surface area contributed by atoms with Crippen molar-refractivity contribution in [2.45, 2.75) is 13.3 Å². The van der Waals surface area contributed by atoms with E-state index in [4.69, 9.17) is 0 Å². The molecule has 2 heterocycles. The summed E-state index contributed by atoms with van der Waals surface area (Å²) in [6.45, 7) is 2.36. The third kappa shape index (κ3) is 2.46. The van der Waals surface area contributed by atoms with E-state index in [0.29, 0.717) is 17.9 Å². The Morgan fingerprint density at radius 2 is 2.44 bits per heavy atom. The first-order valence-corrected chi connectivity index (χ1v) is 5.83. The van der Waals surface area contributed by atoms with Gasteiger partial charge in [-0.25, -0.2) is 0 Å². The molecule has 1 amide bonds. The largest absolute Gasteiger partial charge is 0.350 e. The maximum atomic E-state index is 11.6. The summed E-state index contributed by atoms with van der Waals surface area (Å²) >= 11 is 1.69. The summed E-state index contributed by atoms with van der Waals surface area (Å²) in [5.74, 6) is -0.178. The number of carbonyl (C=O) groups is 1. The van der Waals surface area contributed by atoms with Crippen molar-refractivity contribution in [3.8, 4) is 0 Å². The number of carbonyl (C=O) groups excluding carboxylic acids is 1. The average Bonchev–Trinajstić information content (AvgIpc) is 2.88. The van der Waals surface area contributed by atoms with E-state index in [-0.39, 0.29) is 5.91 Å². The van der Waals surface area contributed by atoms with Crippen molar-refractivity contribution in [1.29, 1.82) is 0 Å². The molecule has 0 aliphatic rings. The van der Waals surface area contributed by atoms with E-state index >= 15 is 0 Å². The topological polar surface area (TPSA) is 70.7 Å². The molecule has 0 atom stereocenters. The van der Waals surface area contributed by atoms with Crippen molar-refractivity contribution in [3.05, 3.63) is 33.8 Å². The lowest BCUT2D eigenvalue weighted by Crippen LogP contribution is -2.26. The summed E-state index contributed by atoms with van der Waals surface area (Å²) in [4.78, 5) is 12.9. The monoisotopic (exact) mass is 236 g/mol. The SMILES string of the molecule is Cc1n[nH]nc1C(=O)NCCc1cccs1. The van der Waals surface area contributed by atoms with Crippen molar-refractivity contribution >= 4 is 17.2 Å². The van der Waals surface area contributed by atoms with Crippen LogP contribution in [0.4, 0.5) is 0 Å². The van der Waals surface area contributed by atoms with E-state index in [1.807, 2.05) is 11.4 Å². The molecule has 2 rings (SSSR count). The fourth-order valence-corrected chi connectivity index (χ4v) is 2.05. The first-order valence-electron chi connectivity index (χ1n) is 4.95. The highest BCUT2D eigenvalue weighted by Crippen LogP contribution is 2.08. The van der Waals surface area contributed by atoms with E-state index in [1.54, 1.807) is 18.3 Å². The predicted molar refractivity (Wildman–Crippen MR) is 61.5 cm³/mol. The minimum Gasteiger partial charge on any atom is -0.350 e. The summed E-state index contributed by atoms with van der Waals surface area (Å²) in [5, 5.41) is 14.8. The second-order valence-electron chi connectivity index (χ2n) is 3.34. The number of rotatable bonds is 4. The first-order chi connectivity index (χ1) is 7.77. The molecule has 0 saturated heterocycles. The zero-order valence-corrected chi connectivity index (χ0v) is 9.67. The van der Waals surface area contributed by atoms with Gasteiger partial charge in [-0.2, -0.15) is 15.4 Å². The molecule has 0 unspecified atom stereocenters. The van der Waals surface area contributed by atoms with Gasteiger partial charge in [-0.1, -0.05) is 6.07 Å². The van der Waals surface area contributed by atoms with Crippen LogP contribution in [0, 0.1) is 6.92 Å². The Morgan fingerprint density at radius 1 is 1.56 bits per heavy atom. The van der Waals surface area contributed by atoms with Gasteiger partial charge in [-0.15, -0.1) is 11.3 Å². The molecule has 0 bridgehead atoms. The maximum absolute atomic E-state index is 11.6. The van der Waals surface area contributed by atoms with Crippen LogP contribution in [0.25, 0.3) is 0 Å². The fraction of sp³-hybridized carbons (Fsp3) is 0.300. The standard InChI is InChI=1S/C10H12N4OS/c1-7-9(13-14-12-7)10(15)11-5-4-8-3-2-6-16-8/h2-3,6H,4-5H2,1H3,(H,11,15)(H,12,13,14). The minimum atomic E-state index is -0.178. The summed E-state index contributed by atoms with van der Waals surface area (Å²) in [6, 6.07) is 4.06. The quantitative estimate of drug-likeness (QED) is 0.836. The third-order valence-corrected chi connectivity index (χ3v) is 3.11. The highest BCUT2D eigenvalue weighted by molar-refractivity contribution is 7.09. The Hall–Kier alpha value is -1.69. The first kappa shape index (κ1) is 10.8. The van der Waals surface area contributed by atoms with Crippen LogP contribution in [0.15, 0.2) is 17.5 Å². The van der Waals surface area contributed by atoms with E-state index in [0.717, 1.165) is 6.42 Å². The van der Waals surface area contributed by atoms with Gasteiger partial charge in [0.25, 0.3) is 5.91 Å². The van der Waals surface area contributed by atoms with Gasteiger partial charge >= 0.3 is 0 Å². The van der Waals surface area contributed by atoms with Gasteiger partial charge in [0.15, 0.2) is 5.69 Å². The van der Waals surface area contributed by atoms with Crippen LogP contribution in [0.2, 0.25) is 0 Å². The number of hydrogen-bond acceptors (Lipinski definition) is 4. The number of thiophene rings is 1.